The average molecular weight is 467 g/mol. The molecule has 2 heterocycles. The van der Waals surface area contributed by atoms with Crippen LogP contribution in [0.3, 0.4) is 0 Å². The van der Waals surface area contributed by atoms with Gasteiger partial charge in [-0.05, 0) is 37.5 Å². The second-order valence-electron chi connectivity index (χ2n) is 9.99. The summed E-state index contributed by atoms with van der Waals surface area (Å²) >= 11 is 0. The minimum Gasteiger partial charge on any atom is -0.454 e. The molecule has 184 valence electrons. The Morgan fingerprint density at radius 2 is 1.67 bits per heavy atom. The minimum atomic E-state index is -0.993. The summed E-state index contributed by atoms with van der Waals surface area (Å²) in [6, 6.07) is -0.608. The predicted molar refractivity (Wildman–Crippen MR) is 116 cm³/mol. The van der Waals surface area contributed by atoms with E-state index in [4.69, 9.17) is 9.47 Å². The lowest BCUT2D eigenvalue weighted by Gasteiger charge is -2.43. The number of nitrogens with zero attached hydrogens (tertiary/aromatic N) is 3. The summed E-state index contributed by atoms with van der Waals surface area (Å²) < 4.78 is 10.0. The van der Waals surface area contributed by atoms with Gasteiger partial charge in [0.1, 0.15) is 12.1 Å². The summed E-state index contributed by atoms with van der Waals surface area (Å²) in [6.07, 6.45) is 1.58. The van der Waals surface area contributed by atoms with Crippen LogP contribution in [0.4, 0.5) is 9.59 Å². The number of urea groups is 1. The highest BCUT2D eigenvalue weighted by Gasteiger charge is 2.56. The van der Waals surface area contributed by atoms with Gasteiger partial charge in [-0.25, -0.2) is 9.59 Å². The van der Waals surface area contributed by atoms with Gasteiger partial charge in [0.25, 0.3) is 11.8 Å². The second-order valence-corrected chi connectivity index (χ2v) is 9.99. The Balaban J connectivity index is 1.48. The van der Waals surface area contributed by atoms with Crippen molar-refractivity contribution >= 4 is 29.9 Å². The number of carbonyl (C=O) groups excluding carboxylic acids is 5. The van der Waals surface area contributed by atoms with E-state index in [2.05, 4.69) is 26.1 Å². The summed E-state index contributed by atoms with van der Waals surface area (Å²) in [6.45, 7) is 8.44. The Hall–Kier alpha value is -2.85. The van der Waals surface area contributed by atoms with Crippen molar-refractivity contribution in [2.24, 2.45) is 11.3 Å². The van der Waals surface area contributed by atoms with Crippen LogP contribution in [-0.2, 0) is 23.9 Å². The third kappa shape index (κ3) is 5.56. The Labute approximate surface area is 193 Å². The number of imide groups is 1. The molecule has 11 heteroatoms. The molecule has 0 bridgehead atoms. The van der Waals surface area contributed by atoms with Gasteiger partial charge in [-0.2, -0.15) is 0 Å². The van der Waals surface area contributed by atoms with E-state index in [0.717, 1.165) is 11.3 Å². The number of carbonyl (C=O) groups is 5. The Morgan fingerprint density at radius 3 is 2.27 bits per heavy atom. The second kappa shape index (κ2) is 9.56. The van der Waals surface area contributed by atoms with Gasteiger partial charge in [0.05, 0.1) is 6.61 Å². The number of piperazine rings is 1. The zero-order valence-corrected chi connectivity index (χ0v) is 19.8. The smallest absolute Gasteiger partial charge is 0.409 e. The maximum atomic E-state index is 13.1. The largest absolute Gasteiger partial charge is 0.454 e. The number of rotatable bonds is 5. The molecule has 0 radical (unpaired) electrons. The highest BCUT2D eigenvalue weighted by molar-refractivity contribution is 6.08. The van der Waals surface area contributed by atoms with Gasteiger partial charge in [-0.15, -0.1) is 0 Å². The van der Waals surface area contributed by atoms with E-state index in [1.165, 1.54) is 9.80 Å². The first-order valence-corrected chi connectivity index (χ1v) is 11.5. The quantitative estimate of drug-likeness (QED) is 0.473. The zero-order chi connectivity index (χ0) is 24.4. The maximum Gasteiger partial charge on any atom is 0.409 e. The number of ether oxygens (including phenoxy) is 2. The molecule has 33 heavy (non-hydrogen) atoms. The highest BCUT2D eigenvalue weighted by atomic mass is 16.6. The van der Waals surface area contributed by atoms with Crippen LogP contribution in [0, 0.1) is 11.3 Å². The van der Waals surface area contributed by atoms with E-state index < -0.39 is 48.6 Å². The van der Waals surface area contributed by atoms with Crippen LogP contribution in [0.25, 0.3) is 0 Å². The SMILES string of the molecule is CCOC(=O)N1CCN(C(=O)COC(=O)CN2C(=O)N[C@@]3(C[C@H](C)CC(C)(C)C3)C2=O)CC1. The maximum absolute atomic E-state index is 13.1. The molecule has 1 aliphatic carbocycles. The van der Waals surface area contributed by atoms with Gasteiger partial charge in [0, 0.05) is 26.2 Å². The van der Waals surface area contributed by atoms with Gasteiger partial charge in [-0.3, -0.25) is 19.3 Å². The van der Waals surface area contributed by atoms with Crippen molar-refractivity contribution in [1.82, 2.24) is 20.0 Å². The molecule has 1 saturated carbocycles. The van der Waals surface area contributed by atoms with Crippen molar-refractivity contribution in [2.45, 2.75) is 52.5 Å². The molecule has 0 aromatic carbocycles. The summed E-state index contributed by atoms with van der Waals surface area (Å²) in [5, 5.41) is 2.81. The number of nitrogens with one attached hydrogen (secondary N) is 1. The molecule has 2 atom stereocenters. The molecule has 3 fully saturated rings. The predicted octanol–water partition coefficient (Wildman–Crippen LogP) is 0.967. The van der Waals surface area contributed by atoms with Crippen LogP contribution in [0.5, 0.6) is 0 Å². The van der Waals surface area contributed by atoms with Crippen LogP contribution >= 0.6 is 0 Å². The fraction of sp³-hybridized carbons (Fsp3) is 0.773. The van der Waals surface area contributed by atoms with Gasteiger partial charge in [0.15, 0.2) is 6.61 Å². The molecule has 11 nitrogen and oxygen atoms in total. The highest BCUT2D eigenvalue weighted by Crippen LogP contribution is 2.46. The molecule has 1 spiro atoms. The van der Waals surface area contributed by atoms with E-state index >= 15 is 0 Å². The zero-order valence-electron chi connectivity index (χ0n) is 19.8. The molecular formula is C22H34N4O7. The molecule has 0 aromatic rings. The molecule has 2 saturated heterocycles. The molecule has 0 unspecified atom stereocenters. The molecular weight excluding hydrogens is 432 g/mol. The van der Waals surface area contributed by atoms with Crippen molar-refractivity contribution < 1.29 is 33.4 Å². The van der Waals surface area contributed by atoms with E-state index in [0.29, 0.717) is 39.0 Å². The summed E-state index contributed by atoms with van der Waals surface area (Å²) in [4.78, 5) is 65.9. The fourth-order valence-electron chi connectivity index (χ4n) is 5.41. The summed E-state index contributed by atoms with van der Waals surface area (Å²) in [7, 11) is 0. The van der Waals surface area contributed by atoms with Crippen LogP contribution in [-0.4, -0.2) is 96.1 Å². The van der Waals surface area contributed by atoms with E-state index in [1.54, 1.807) is 6.92 Å². The lowest BCUT2D eigenvalue weighted by Crippen LogP contribution is -2.54. The normalized spacial score (nSPS) is 26.9. The van der Waals surface area contributed by atoms with Gasteiger partial charge in [-0.1, -0.05) is 20.8 Å². The van der Waals surface area contributed by atoms with E-state index in [1.807, 2.05) is 0 Å². The lowest BCUT2D eigenvalue weighted by atomic mass is 9.64. The Morgan fingerprint density at radius 1 is 1.03 bits per heavy atom. The average Bonchev–Trinajstić information content (AvgIpc) is 2.94. The fourth-order valence-corrected chi connectivity index (χ4v) is 5.41. The third-order valence-corrected chi connectivity index (χ3v) is 6.43. The topological polar surface area (TPSA) is 126 Å². The van der Waals surface area contributed by atoms with Crippen molar-refractivity contribution in [3.05, 3.63) is 0 Å². The van der Waals surface area contributed by atoms with E-state index in [9.17, 15) is 24.0 Å². The molecule has 1 N–H and O–H groups in total. The van der Waals surface area contributed by atoms with Crippen molar-refractivity contribution in [2.75, 3.05) is 45.9 Å². The molecule has 3 aliphatic rings. The molecule has 5 amide bonds. The summed E-state index contributed by atoms with van der Waals surface area (Å²) in [5.74, 6) is -1.38. The summed E-state index contributed by atoms with van der Waals surface area (Å²) in [5.41, 5.74) is -1.10. The van der Waals surface area contributed by atoms with Gasteiger partial charge in [0.2, 0.25) is 0 Å². The lowest BCUT2D eigenvalue weighted by molar-refractivity contribution is -0.154. The molecule has 0 aromatic heterocycles. The van der Waals surface area contributed by atoms with Crippen LogP contribution in [0.1, 0.15) is 47.0 Å². The van der Waals surface area contributed by atoms with Crippen molar-refractivity contribution in [3.63, 3.8) is 0 Å². The molecule has 3 rings (SSSR count). The first kappa shape index (κ1) is 24.8. The van der Waals surface area contributed by atoms with E-state index in [-0.39, 0.29) is 17.9 Å². The van der Waals surface area contributed by atoms with Gasteiger partial charge < -0.3 is 24.6 Å². The monoisotopic (exact) mass is 466 g/mol. The van der Waals surface area contributed by atoms with Crippen LogP contribution < -0.4 is 5.32 Å². The third-order valence-electron chi connectivity index (χ3n) is 6.43. The number of amides is 5. The van der Waals surface area contributed by atoms with Gasteiger partial charge >= 0.3 is 18.1 Å². The Kier molecular flexibility index (Phi) is 7.18. The van der Waals surface area contributed by atoms with Crippen molar-refractivity contribution in [1.29, 1.82) is 0 Å². The van der Waals surface area contributed by atoms with Crippen molar-refractivity contribution in [3.8, 4) is 0 Å². The Bertz CT molecular complexity index is 822. The first-order chi connectivity index (χ1) is 15.5. The number of hydrogen-bond donors (Lipinski definition) is 1. The van der Waals surface area contributed by atoms with Crippen LogP contribution in [0.2, 0.25) is 0 Å². The first-order valence-electron chi connectivity index (χ1n) is 11.5. The number of hydrogen-bond acceptors (Lipinski definition) is 7. The molecule has 2 aliphatic heterocycles. The number of esters is 1. The van der Waals surface area contributed by atoms with Crippen LogP contribution in [0.15, 0.2) is 0 Å². The minimum absolute atomic E-state index is 0.110. The standard InChI is InChI=1S/C22H34N4O7/c1-5-32-20(31)25-8-6-24(7-9-25)16(27)13-33-17(28)12-26-18(29)22(23-19(26)30)11-15(2)10-21(3,4)14-22/h15H,5-14H2,1-4H3,(H,23,30)/t15-,22-/m1/s1.